The summed E-state index contributed by atoms with van der Waals surface area (Å²) in [4.78, 5) is 0. The lowest BCUT2D eigenvalue weighted by Crippen LogP contribution is -2.11. The summed E-state index contributed by atoms with van der Waals surface area (Å²) in [5.41, 5.74) is 7.66. The van der Waals surface area contributed by atoms with E-state index in [4.69, 9.17) is 9.47 Å². The molecule has 0 amide bonds. The van der Waals surface area contributed by atoms with Crippen LogP contribution in [0.2, 0.25) is 0 Å². The Hall–Kier alpha value is -1.80. The SMILES string of the molecule is c1cc2c(c(CCCOCCOc3cccc4c3CCCC4)c1)CCCC2. The number of hydrogen-bond donors (Lipinski definition) is 0. The van der Waals surface area contributed by atoms with Gasteiger partial charge in [0.25, 0.3) is 0 Å². The maximum Gasteiger partial charge on any atom is 0.122 e. The summed E-state index contributed by atoms with van der Waals surface area (Å²) in [6, 6.07) is 13.3. The van der Waals surface area contributed by atoms with Gasteiger partial charge in [-0.15, -0.1) is 0 Å². The van der Waals surface area contributed by atoms with Gasteiger partial charge in [0.2, 0.25) is 0 Å². The minimum absolute atomic E-state index is 0.650. The summed E-state index contributed by atoms with van der Waals surface area (Å²) in [6.07, 6.45) is 12.4. The number of fused-ring (bicyclic) bond motifs is 2. The predicted octanol–water partition coefficient (Wildman–Crippen LogP) is 5.47. The molecular weight excluding hydrogens is 332 g/mol. The van der Waals surface area contributed by atoms with Crippen molar-refractivity contribution in [3.63, 3.8) is 0 Å². The van der Waals surface area contributed by atoms with E-state index >= 15 is 0 Å². The van der Waals surface area contributed by atoms with E-state index in [1.807, 2.05) is 0 Å². The molecule has 0 spiro atoms. The average molecular weight is 365 g/mol. The Morgan fingerprint density at radius 3 is 2.22 bits per heavy atom. The molecule has 0 heterocycles. The van der Waals surface area contributed by atoms with E-state index in [1.54, 1.807) is 16.7 Å². The second kappa shape index (κ2) is 9.41. The topological polar surface area (TPSA) is 18.5 Å². The molecule has 0 radical (unpaired) electrons. The average Bonchev–Trinajstić information content (AvgIpc) is 2.73. The molecule has 2 aromatic carbocycles. The molecule has 2 aliphatic rings. The molecule has 4 rings (SSSR count). The molecule has 0 aliphatic heterocycles. The minimum atomic E-state index is 0.650. The van der Waals surface area contributed by atoms with Gasteiger partial charge in [0.1, 0.15) is 12.4 Å². The van der Waals surface area contributed by atoms with Crippen LogP contribution in [0.15, 0.2) is 36.4 Å². The van der Waals surface area contributed by atoms with Crippen molar-refractivity contribution in [1.82, 2.24) is 0 Å². The molecule has 144 valence electrons. The smallest absolute Gasteiger partial charge is 0.122 e. The van der Waals surface area contributed by atoms with Crippen molar-refractivity contribution >= 4 is 0 Å². The molecule has 0 fully saturated rings. The van der Waals surface area contributed by atoms with E-state index in [-0.39, 0.29) is 0 Å². The molecule has 0 unspecified atom stereocenters. The van der Waals surface area contributed by atoms with E-state index in [9.17, 15) is 0 Å². The molecule has 2 aliphatic carbocycles. The van der Waals surface area contributed by atoms with Crippen LogP contribution >= 0.6 is 0 Å². The highest BCUT2D eigenvalue weighted by molar-refractivity contribution is 5.41. The lowest BCUT2D eigenvalue weighted by Gasteiger charge is -2.20. The monoisotopic (exact) mass is 364 g/mol. The van der Waals surface area contributed by atoms with Gasteiger partial charge in [0, 0.05) is 6.61 Å². The van der Waals surface area contributed by atoms with Crippen molar-refractivity contribution in [3.05, 3.63) is 64.2 Å². The molecular formula is C25H32O2. The fourth-order valence-electron chi connectivity index (χ4n) is 4.65. The fourth-order valence-corrected chi connectivity index (χ4v) is 4.65. The lowest BCUT2D eigenvalue weighted by molar-refractivity contribution is 0.0981. The summed E-state index contributed by atoms with van der Waals surface area (Å²) >= 11 is 0. The Bertz CT molecular complexity index is 686. The standard InChI is InChI=1S/C25H32O2/c1-3-14-23-20(8-1)10-5-11-21(23)13-7-17-26-18-19-27-25-16-6-12-22-9-2-4-15-24(22)25/h5-6,10-12,16H,1-4,7-9,13-15,17-19H2. The Balaban J connectivity index is 1.17. The summed E-state index contributed by atoms with van der Waals surface area (Å²) < 4.78 is 11.9. The number of benzene rings is 2. The van der Waals surface area contributed by atoms with Crippen LogP contribution in [0.4, 0.5) is 0 Å². The number of hydrogen-bond acceptors (Lipinski definition) is 2. The Kier molecular flexibility index (Phi) is 6.47. The Morgan fingerprint density at radius 1 is 0.667 bits per heavy atom. The Labute approximate surface area is 163 Å². The number of rotatable bonds is 8. The maximum atomic E-state index is 6.02. The number of aryl methyl sites for hydroxylation is 3. The third-order valence-electron chi connectivity index (χ3n) is 6.07. The normalized spacial score (nSPS) is 15.9. The molecule has 0 bridgehead atoms. The van der Waals surface area contributed by atoms with Gasteiger partial charge in [0.15, 0.2) is 0 Å². The van der Waals surface area contributed by atoms with Gasteiger partial charge in [-0.2, -0.15) is 0 Å². The third kappa shape index (κ3) is 4.73. The first-order chi connectivity index (χ1) is 13.4. The quantitative estimate of drug-likeness (QED) is 0.578. The van der Waals surface area contributed by atoms with Gasteiger partial charge in [-0.3, -0.25) is 0 Å². The molecule has 0 saturated carbocycles. The highest BCUT2D eigenvalue weighted by atomic mass is 16.5. The molecule has 2 nitrogen and oxygen atoms in total. The van der Waals surface area contributed by atoms with E-state index in [1.165, 1.54) is 56.1 Å². The van der Waals surface area contributed by atoms with E-state index in [0.29, 0.717) is 13.2 Å². The minimum Gasteiger partial charge on any atom is -0.491 e. The van der Waals surface area contributed by atoms with E-state index in [0.717, 1.165) is 31.6 Å². The predicted molar refractivity (Wildman–Crippen MR) is 111 cm³/mol. The first-order valence-corrected chi connectivity index (χ1v) is 10.8. The first-order valence-electron chi connectivity index (χ1n) is 10.8. The summed E-state index contributed by atoms with van der Waals surface area (Å²) in [5, 5.41) is 0. The highest BCUT2D eigenvalue weighted by Crippen LogP contribution is 2.29. The maximum absolute atomic E-state index is 6.02. The summed E-state index contributed by atoms with van der Waals surface area (Å²) in [6.45, 7) is 2.15. The molecule has 2 heteroatoms. The largest absolute Gasteiger partial charge is 0.491 e. The first kappa shape index (κ1) is 18.6. The van der Waals surface area contributed by atoms with Gasteiger partial charge < -0.3 is 9.47 Å². The second-order valence-electron chi connectivity index (χ2n) is 7.93. The van der Waals surface area contributed by atoms with E-state index < -0.39 is 0 Å². The zero-order valence-electron chi connectivity index (χ0n) is 16.5. The summed E-state index contributed by atoms with van der Waals surface area (Å²) in [5.74, 6) is 1.08. The van der Waals surface area contributed by atoms with E-state index in [2.05, 4.69) is 36.4 Å². The Morgan fingerprint density at radius 2 is 1.37 bits per heavy atom. The molecule has 0 saturated heterocycles. The van der Waals surface area contributed by atoms with Gasteiger partial charge >= 0.3 is 0 Å². The molecule has 27 heavy (non-hydrogen) atoms. The van der Waals surface area contributed by atoms with Gasteiger partial charge in [-0.25, -0.2) is 0 Å². The van der Waals surface area contributed by atoms with Crippen molar-refractivity contribution in [2.75, 3.05) is 19.8 Å². The van der Waals surface area contributed by atoms with Crippen molar-refractivity contribution in [1.29, 1.82) is 0 Å². The van der Waals surface area contributed by atoms with Gasteiger partial charge in [-0.1, -0.05) is 30.3 Å². The number of ether oxygens (including phenoxy) is 2. The van der Waals surface area contributed by atoms with Crippen LogP contribution < -0.4 is 4.74 Å². The highest BCUT2D eigenvalue weighted by Gasteiger charge is 2.14. The van der Waals surface area contributed by atoms with Crippen LogP contribution in [0.3, 0.4) is 0 Å². The zero-order valence-corrected chi connectivity index (χ0v) is 16.5. The second-order valence-corrected chi connectivity index (χ2v) is 7.93. The molecule has 0 atom stereocenters. The van der Waals surface area contributed by atoms with Crippen molar-refractivity contribution in [3.8, 4) is 5.75 Å². The van der Waals surface area contributed by atoms with Crippen molar-refractivity contribution in [2.45, 2.75) is 64.2 Å². The van der Waals surface area contributed by atoms with Crippen molar-refractivity contribution < 1.29 is 9.47 Å². The molecule has 0 N–H and O–H groups in total. The van der Waals surface area contributed by atoms with Gasteiger partial charge in [-0.05, 0) is 98.1 Å². The van der Waals surface area contributed by atoms with Crippen LogP contribution in [0.1, 0.15) is 59.9 Å². The lowest BCUT2D eigenvalue weighted by atomic mass is 9.87. The van der Waals surface area contributed by atoms with Crippen LogP contribution in [-0.2, 0) is 36.8 Å². The van der Waals surface area contributed by atoms with Crippen LogP contribution in [-0.4, -0.2) is 19.8 Å². The fraction of sp³-hybridized carbons (Fsp3) is 0.520. The van der Waals surface area contributed by atoms with Crippen molar-refractivity contribution in [2.24, 2.45) is 0 Å². The molecule has 2 aromatic rings. The third-order valence-corrected chi connectivity index (χ3v) is 6.07. The summed E-state index contributed by atoms with van der Waals surface area (Å²) in [7, 11) is 0. The van der Waals surface area contributed by atoms with Crippen LogP contribution in [0, 0.1) is 0 Å². The molecule has 0 aromatic heterocycles. The van der Waals surface area contributed by atoms with Crippen LogP contribution in [0.5, 0.6) is 5.75 Å². The van der Waals surface area contributed by atoms with Crippen LogP contribution in [0.25, 0.3) is 0 Å². The zero-order chi connectivity index (χ0) is 18.3. The van der Waals surface area contributed by atoms with Gasteiger partial charge in [0.05, 0.1) is 6.61 Å².